The number of alkyl halides is 3. The fourth-order valence-corrected chi connectivity index (χ4v) is 5.58. The van der Waals surface area contributed by atoms with E-state index in [9.17, 15) is 26.4 Å². The highest BCUT2D eigenvalue weighted by atomic mass is 32.2. The van der Waals surface area contributed by atoms with Gasteiger partial charge in [0.2, 0.25) is 15.9 Å². The zero-order chi connectivity index (χ0) is 25.9. The van der Waals surface area contributed by atoms with Gasteiger partial charge in [0.25, 0.3) is 0 Å². The second kappa shape index (κ2) is 10.4. The molecule has 2 aromatic carbocycles. The van der Waals surface area contributed by atoms with Crippen molar-refractivity contribution < 1.29 is 26.4 Å². The summed E-state index contributed by atoms with van der Waals surface area (Å²) in [6, 6.07) is 12.6. The lowest BCUT2D eigenvalue weighted by Crippen LogP contribution is -2.45. The summed E-state index contributed by atoms with van der Waals surface area (Å²) in [6.45, 7) is 2.35. The van der Waals surface area contributed by atoms with E-state index >= 15 is 0 Å². The van der Waals surface area contributed by atoms with Crippen LogP contribution in [0.3, 0.4) is 0 Å². The Hall–Kier alpha value is -3.18. The first-order valence-corrected chi connectivity index (χ1v) is 13.2. The third kappa shape index (κ3) is 5.79. The van der Waals surface area contributed by atoms with Gasteiger partial charge in [-0.25, -0.2) is 18.1 Å². The number of fused-ring (bicyclic) bond motifs is 1. The maximum Gasteiger partial charge on any atom is 0.416 e. The number of sulfonamides is 1. The molecule has 4 rings (SSSR count). The highest BCUT2D eigenvalue weighted by Gasteiger charge is 2.32. The molecule has 0 spiro atoms. The summed E-state index contributed by atoms with van der Waals surface area (Å²) >= 11 is 0. The monoisotopic (exact) mass is 520 g/mol. The largest absolute Gasteiger partial charge is 0.416 e. The number of amides is 1. The first-order chi connectivity index (χ1) is 17.1. The van der Waals surface area contributed by atoms with Crippen LogP contribution < -0.4 is 5.43 Å². The third-order valence-electron chi connectivity index (χ3n) is 6.32. The first-order valence-electron chi connectivity index (χ1n) is 11.6. The van der Waals surface area contributed by atoms with Crippen molar-refractivity contribution in [3.63, 3.8) is 0 Å². The van der Waals surface area contributed by atoms with Gasteiger partial charge in [-0.1, -0.05) is 30.3 Å². The lowest BCUT2D eigenvalue weighted by molar-refractivity contribution is -0.137. The molecule has 0 radical (unpaired) electrons. The minimum atomic E-state index is -4.42. The average molecular weight is 521 g/mol. The Balaban J connectivity index is 1.49. The Morgan fingerprint density at radius 2 is 1.97 bits per heavy atom. The fourth-order valence-electron chi connectivity index (χ4n) is 4.40. The summed E-state index contributed by atoms with van der Waals surface area (Å²) in [5.41, 5.74) is 3.83. The molecule has 1 fully saturated rings. The number of hydrogen-bond donors (Lipinski definition) is 1. The molecule has 1 unspecified atom stereocenters. The molecule has 2 heterocycles. The number of nitrogens with one attached hydrogen (secondary N) is 1. The number of para-hydroxylation sites is 1. The maximum atomic E-state index is 13.1. The highest BCUT2D eigenvalue weighted by Crippen LogP contribution is 2.30. The van der Waals surface area contributed by atoms with E-state index in [1.54, 1.807) is 19.2 Å². The second-order valence-corrected chi connectivity index (χ2v) is 11.0. The van der Waals surface area contributed by atoms with Crippen LogP contribution in [0.2, 0.25) is 0 Å². The number of rotatable bonds is 7. The van der Waals surface area contributed by atoms with Crippen molar-refractivity contribution in [2.75, 3.05) is 18.8 Å². The van der Waals surface area contributed by atoms with Gasteiger partial charge in [-0.15, -0.1) is 0 Å². The van der Waals surface area contributed by atoms with Crippen LogP contribution in [-0.2, 0) is 27.5 Å². The molecule has 7 nitrogen and oxygen atoms in total. The van der Waals surface area contributed by atoms with Crippen molar-refractivity contribution in [2.45, 2.75) is 32.5 Å². The summed E-state index contributed by atoms with van der Waals surface area (Å²) in [5, 5.41) is 4.92. The molecule has 1 N–H and O–H groups in total. The fraction of sp³-hybridized carbons (Fsp3) is 0.360. The van der Waals surface area contributed by atoms with Crippen LogP contribution in [0.5, 0.6) is 0 Å². The number of carbonyl (C=O) groups excluding carboxylic acids is 1. The van der Waals surface area contributed by atoms with Gasteiger partial charge in [0, 0.05) is 42.3 Å². The minimum Gasteiger partial charge on any atom is -0.342 e. The molecular formula is C25H27F3N4O3S. The number of hydrazone groups is 1. The van der Waals surface area contributed by atoms with E-state index in [4.69, 9.17) is 0 Å². The van der Waals surface area contributed by atoms with E-state index in [-0.39, 0.29) is 24.7 Å². The third-order valence-corrected chi connectivity index (χ3v) is 8.17. The summed E-state index contributed by atoms with van der Waals surface area (Å²) in [7, 11) is -3.36. The van der Waals surface area contributed by atoms with Crippen molar-refractivity contribution in [2.24, 2.45) is 11.0 Å². The lowest BCUT2D eigenvalue weighted by Gasteiger charge is -2.30. The van der Waals surface area contributed by atoms with Crippen LogP contribution in [0.25, 0.3) is 10.9 Å². The number of hydrogen-bond acceptors (Lipinski definition) is 4. The van der Waals surface area contributed by atoms with Gasteiger partial charge in [-0.05, 0) is 43.5 Å². The second-order valence-electron chi connectivity index (χ2n) is 8.76. The van der Waals surface area contributed by atoms with Gasteiger partial charge in [0.1, 0.15) is 0 Å². The Morgan fingerprint density at radius 1 is 1.19 bits per heavy atom. The molecule has 1 amide bonds. The molecule has 11 heteroatoms. The molecule has 0 bridgehead atoms. The predicted molar refractivity (Wildman–Crippen MR) is 132 cm³/mol. The van der Waals surface area contributed by atoms with E-state index in [2.05, 4.69) is 10.5 Å². The van der Waals surface area contributed by atoms with Crippen molar-refractivity contribution in [3.8, 4) is 0 Å². The number of aromatic nitrogens is 1. The number of carbonyl (C=O) groups is 1. The van der Waals surface area contributed by atoms with Crippen molar-refractivity contribution >= 4 is 33.0 Å². The molecule has 0 aliphatic carbocycles. The van der Waals surface area contributed by atoms with Crippen molar-refractivity contribution in [1.29, 1.82) is 0 Å². The molecule has 0 saturated carbocycles. The van der Waals surface area contributed by atoms with Gasteiger partial charge >= 0.3 is 6.18 Å². The molecule has 1 aliphatic heterocycles. The van der Waals surface area contributed by atoms with Gasteiger partial charge in [-0.3, -0.25) is 4.79 Å². The Kier molecular flexibility index (Phi) is 7.51. The van der Waals surface area contributed by atoms with Crippen molar-refractivity contribution in [3.05, 3.63) is 71.4 Å². The highest BCUT2D eigenvalue weighted by molar-refractivity contribution is 7.89. The van der Waals surface area contributed by atoms with E-state index in [0.717, 1.165) is 23.0 Å². The number of piperidine rings is 1. The SMILES string of the molecule is CCS(=O)(=O)N1CCCC(C(=O)N/N=C/c2cn(Cc3cccc(C(F)(F)F)c3)c3ccccc23)C1. The molecule has 36 heavy (non-hydrogen) atoms. The molecule has 1 atom stereocenters. The smallest absolute Gasteiger partial charge is 0.342 e. The normalized spacial score (nSPS) is 17.6. The first kappa shape index (κ1) is 25.9. The maximum absolute atomic E-state index is 13.1. The zero-order valence-electron chi connectivity index (χ0n) is 19.7. The summed E-state index contributed by atoms with van der Waals surface area (Å²) in [6.07, 6.45) is 0.0291. The Morgan fingerprint density at radius 3 is 2.72 bits per heavy atom. The van der Waals surface area contributed by atoms with Gasteiger partial charge < -0.3 is 4.57 Å². The van der Waals surface area contributed by atoms with E-state index in [1.165, 1.54) is 16.6 Å². The van der Waals surface area contributed by atoms with Gasteiger partial charge in [-0.2, -0.15) is 18.3 Å². The topological polar surface area (TPSA) is 83.8 Å². The number of benzene rings is 2. The molecule has 1 aliphatic rings. The van der Waals surface area contributed by atoms with Crippen LogP contribution in [0.15, 0.2) is 59.8 Å². The van der Waals surface area contributed by atoms with Crippen molar-refractivity contribution in [1.82, 2.24) is 14.3 Å². The quantitative estimate of drug-likeness (QED) is 0.374. The predicted octanol–water partition coefficient (Wildman–Crippen LogP) is 4.22. The van der Waals surface area contributed by atoms with E-state index in [0.29, 0.717) is 30.5 Å². The Labute approximate surface area is 207 Å². The van der Waals surface area contributed by atoms with Gasteiger partial charge in [0.05, 0.1) is 23.4 Å². The summed E-state index contributed by atoms with van der Waals surface area (Å²) < 4.78 is 66.8. The minimum absolute atomic E-state index is 0.00987. The lowest BCUT2D eigenvalue weighted by atomic mass is 9.99. The van der Waals surface area contributed by atoms with Crippen LogP contribution in [0.1, 0.15) is 36.5 Å². The number of halogens is 3. The molecular weight excluding hydrogens is 493 g/mol. The zero-order valence-corrected chi connectivity index (χ0v) is 20.5. The standard InChI is InChI=1S/C25H27F3N4O3S/c1-2-36(34,35)32-12-6-8-19(17-32)24(33)30-29-14-20-16-31(23-11-4-3-10-22(20)23)15-18-7-5-9-21(13-18)25(26,27)28/h3-5,7,9-11,13-14,16,19H,2,6,8,12,15,17H2,1H3,(H,30,33)/b29-14+. The average Bonchev–Trinajstić information content (AvgIpc) is 3.21. The van der Waals surface area contributed by atoms with Crippen LogP contribution in [-0.4, -0.2) is 48.3 Å². The van der Waals surface area contributed by atoms with Crippen LogP contribution in [0, 0.1) is 5.92 Å². The van der Waals surface area contributed by atoms with Gasteiger partial charge in [0.15, 0.2) is 0 Å². The molecule has 192 valence electrons. The molecule has 3 aromatic rings. The number of nitrogens with zero attached hydrogens (tertiary/aromatic N) is 3. The Bertz CT molecular complexity index is 1380. The van der Waals surface area contributed by atoms with E-state index < -0.39 is 27.7 Å². The summed E-state index contributed by atoms with van der Waals surface area (Å²) in [5.74, 6) is -0.848. The van der Waals surface area contributed by atoms with E-state index in [1.807, 2.05) is 28.8 Å². The summed E-state index contributed by atoms with van der Waals surface area (Å²) in [4.78, 5) is 12.6. The molecule has 1 saturated heterocycles. The van der Waals surface area contributed by atoms with Crippen LogP contribution >= 0.6 is 0 Å². The molecule has 1 aromatic heterocycles. The van der Waals surface area contributed by atoms with Crippen LogP contribution in [0.4, 0.5) is 13.2 Å².